The summed E-state index contributed by atoms with van der Waals surface area (Å²) in [4.78, 5) is 13.0. The molecule has 0 saturated carbocycles. The Kier molecular flexibility index (Phi) is 1.92. The van der Waals surface area contributed by atoms with Crippen LogP contribution in [0.15, 0.2) is 59.5 Å². The Morgan fingerprint density at radius 2 is 1.72 bits per heavy atom. The summed E-state index contributed by atoms with van der Waals surface area (Å²) in [7, 11) is 0. The van der Waals surface area contributed by atoms with Crippen LogP contribution in [0.25, 0.3) is 0 Å². The smallest absolute Gasteiger partial charge is 0.237 e. The molecule has 0 bridgehead atoms. The molecule has 2 aliphatic heterocycles. The summed E-state index contributed by atoms with van der Waals surface area (Å²) in [5.74, 6) is 0.139. The first kappa shape index (κ1) is 10.2. The van der Waals surface area contributed by atoms with Crippen LogP contribution in [0, 0.1) is 0 Å². The van der Waals surface area contributed by atoms with E-state index in [1.165, 1.54) is 16.0 Å². The Labute approximate surface area is 109 Å². The lowest BCUT2D eigenvalue weighted by Gasteiger charge is -2.45. The number of nitrogens with one attached hydrogen (secondary N) is 1. The van der Waals surface area contributed by atoms with Gasteiger partial charge in [-0.1, -0.05) is 48.5 Å². The SMILES string of the molecule is O=C1NC2(c3ccccc3)c3ccccc3SC12. The van der Waals surface area contributed by atoms with Gasteiger partial charge in [0.25, 0.3) is 0 Å². The number of hydrogen-bond donors (Lipinski definition) is 1. The fourth-order valence-electron chi connectivity index (χ4n) is 2.90. The van der Waals surface area contributed by atoms with E-state index in [0.29, 0.717) is 0 Å². The predicted molar refractivity (Wildman–Crippen MR) is 71.5 cm³/mol. The van der Waals surface area contributed by atoms with Gasteiger partial charge < -0.3 is 5.32 Å². The number of β-lactam (4-membered cyclic amide) rings is 1. The Hall–Kier alpha value is -1.74. The molecule has 4 rings (SSSR count). The highest BCUT2D eigenvalue weighted by molar-refractivity contribution is 8.01. The lowest BCUT2D eigenvalue weighted by atomic mass is 9.74. The Morgan fingerprint density at radius 3 is 2.50 bits per heavy atom. The third-order valence-corrected chi connectivity index (χ3v) is 5.15. The van der Waals surface area contributed by atoms with E-state index in [-0.39, 0.29) is 16.7 Å². The normalized spacial score (nSPS) is 28.0. The minimum absolute atomic E-state index is 0.0164. The summed E-state index contributed by atoms with van der Waals surface area (Å²) in [6.45, 7) is 0. The molecule has 0 radical (unpaired) electrons. The van der Waals surface area contributed by atoms with Gasteiger partial charge in [-0.2, -0.15) is 0 Å². The van der Waals surface area contributed by atoms with E-state index >= 15 is 0 Å². The van der Waals surface area contributed by atoms with E-state index in [1.54, 1.807) is 11.8 Å². The number of carbonyl (C=O) groups excluding carboxylic acids is 1. The molecule has 18 heavy (non-hydrogen) atoms. The van der Waals surface area contributed by atoms with Crippen molar-refractivity contribution in [3.05, 3.63) is 65.7 Å². The molecule has 2 aromatic carbocycles. The third-order valence-electron chi connectivity index (χ3n) is 3.74. The molecule has 88 valence electrons. The summed E-state index contributed by atoms with van der Waals surface area (Å²) in [5.41, 5.74) is 2.09. The van der Waals surface area contributed by atoms with Gasteiger partial charge in [0.1, 0.15) is 10.8 Å². The fraction of sp³-hybridized carbons (Fsp3) is 0.133. The van der Waals surface area contributed by atoms with Crippen LogP contribution in [-0.2, 0) is 10.3 Å². The lowest BCUT2D eigenvalue weighted by Crippen LogP contribution is -2.67. The van der Waals surface area contributed by atoms with E-state index in [9.17, 15) is 4.79 Å². The van der Waals surface area contributed by atoms with Crippen molar-refractivity contribution in [3.8, 4) is 0 Å². The van der Waals surface area contributed by atoms with Gasteiger partial charge in [0, 0.05) is 4.90 Å². The predicted octanol–water partition coefficient (Wildman–Crippen LogP) is 2.53. The van der Waals surface area contributed by atoms with Crippen LogP contribution in [0.2, 0.25) is 0 Å². The highest BCUT2D eigenvalue weighted by Crippen LogP contribution is 2.55. The van der Waals surface area contributed by atoms with Gasteiger partial charge in [-0.3, -0.25) is 4.79 Å². The van der Waals surface area contributed by atoms with Crippen LogP contribution in [0.4, 0.5) is 0 Å². The molecule has 3 heteroatoms. The molecule has 2 atom stereocenters. The number of carbonyl (C=O) groups is 1. The maximum absolute atomic E-state index is 11.8. The van der Waals surface area contributed by atoms with E-state index in [2.05, 4.69) is 29.6 Å². The maximum Gasteiger partial charge on any atom is 0.237 e. The average Bonchev–Trinajstić information content (AvgIpc) is 2.70. The van der Waals surface area contributed by atoms with Gasteiger partial charge in [0.2, 0.25) is 5.91 Å². The second kappa shape index (κ2) is 3.39. The Balaban J connectivity index is 1.96. The van der Waals surface area contributed by atoms with Gasteiger partial charge >= 0.3 is 0 Å². The quantitative estimate of drug-likeness (QED) is 0.791. The summed E-state index contributed by atoms with van der Waals surface area (Å²) >= 11 is 1.68. The standard InChI is InChI=1S/C15H11NOS/c17-14-13-15(16-14,10-6-2-1-3-7-10)11-8-4-5-9-12(11)18-13/h1-9,13H,(H,16,17). The monoisotopic (exact) mass is 253 g/mol. The van der Waals surface area contributed by atoms with E-state index < -0.39 is 0 Å². The number of rotatable bonds is 1. The fourth-order valence-corrected chi connectivity index (χ4v) is 4.33. The molecule has 0 spiro atoms. The molecule has 2 aromatic rings. The van der Waals surface area contributed by atoms with E-state index in [1.807, 2.05) is 30.3 Å². The second-order valence-corrected chi connectivity index (χ2v) is 5.80. The molecule has 2 unspecified atom stereocenters. The number of benzene rings is 2. The molecular formula is C15H11NOS. The molecular weight excluding hydrogens is 242 g/mol. The lowest BCUT2D eigenvalue weighted by molar-refractivity contribution is -0.130. The third kappa shape index (κ3) is 1.08. The Morgan fingerprint density at radius 1 is 1.00 bits per heavy atom. The van der Waals surface area contributed by atoms with Crippen molar-refractivity contribution >= 4 is 17.7 Å². The van der Waals surface area contributed by atoms with Gasteiger partial charge in [-0.05, 0) is 17.2 Å². The number of fused-ring (bicyclic) bond motifs is 3. The zero-order chi connectivity index (χ0) is 12.2. The van der Waals surface area contributed by atoms with E-state index in [0.717, 1.165) is 0 Å². The molecule has 0 aliphatic carbocycles. The number of hydrogen-bond acceptors (Lipinski definition) is 2. The van der Waals surface area contributed by atoms with Gasteiger partial charge in [0.05, 0.1) is 0 Å². The maximum atomic E-state index is 11.8. The Bertz CT molecular complexity index is 640. The van der Waals surface area contributed by atoms with Crippen molar-refractivity contribution in [2.75, 3.05) is 0 Å². The zero-order valence-electron chi connectivity index (χ0n) is 9.59. The molecule has 1 N–H and O–H groups in total. The topological polar surface area (TPSA) is 29.1 Å². The second-order valence-electron chi connectivity index (χ2n) is 4.66. The minimum Gasteiger partial charge on any atom is -0.340 e. The van der Waals surface area contributed by atoms with Crippen molar-refractivity contribution < 1.29 is 4.79 Å². The molecule has 0 aromatic heterocycles. The van der Waals surface area contributed by atoms with Gasteiger partial charge in [-0.15, -0.1) is 11.8 Å². The largest absolute Gasteiger partial charge is 0.340 e. The average molecular weight is 253 g/mol. The molecule has 2 heterocycles. The van der Waals surface area contributed by atoms with Crippen molar-refractivity contribution in [1.29, 1.82) is 0 Å². The van der Waals surface area contributed by atoms with Crippen LogP contribution < -0.4 is 5.32 Å². The molecule has 1 saturated heterocycles. The van der Waals surface area contributed by atoms with Crippen LogP contribution in [-0.4, -0.2) is 11.2 Å². The first-order valence-corrected chi connectivity index (χ1v) is 6.84. The molecule has 2 aliphatic rings. The van der Waals surface area contributed by atoms with Crippen LogP contribution in [0.3, 0.4) is 0 Å². The first-order chi connectivity index (χ1) is 8.82. The molecule has 2 nitrogen and oxygen atoms in total. The summed E-state index contributed by atoms with van der Waals surface area (Å²) in [5, 5.41) is 3.11. The summed E-state index contributed by atoms with van der Waals surface area (Å²) < 4.78 is 0. The molecule has 1 amide bonds. The summed E-state index contributed by atoms with van der Waals surface area (Å²) in [6.07, 6.45) is 0. The van der Waals surface area contributed by atoms with Gasteiger partial charge in [-0.25, -0.2) is 0 Å². The van der Waals surface area contributed by atoms with Gasteiger partial charge in [0.15, 0.2) is 0 Å². The number of amides is 1. The number of thioether (sulfide) groups is 1. The molecule has 1 fully saturated rings. The highest BCUT2D eigenvalue weighted by Gasteiger charge is 2.60. The highest BCUT2D eigenvalue weighted by atomic mass is 32.2. The van der Waals surface area contributed by atoms with Crippen molar-refractivity contribution in [1.82, 2.24) is 5.32 Å². The van der Waals surface area contributed by atoms with Crippen molar-refractivity contribution in [2.45, 2.75) is 15.7 Å². The first-order valence-electron chi connectivity index (χ1n) is 5.96. The van der Waals surface area contributed by atoms with Crippen molar-refractivity contribution in [2.24, 2.45) is 0 Å². The zero-order valence-corrected chi connectivity index (χ0v) is 10.4. The van der Waals surface area contributed by atoms with Crippen molar-refractivity contribution in [3.63, 3.8) is 0 Å². The van der Waals surface area contributed by atoms with Crippen LogP contribution in [0.1, 0.15) is 11.1 Å². The van der Waals surface area contributed by atoms with E-state index in [4.69, 9.17) is 0 Å². The van der Waals surface area contributed by atoms with Crippen LogP contribution >= 0.6 is 11.8 Å². The summed E-state index contributed by atoms with van der Waals surface area (Å²) in [6, 6.07) is 18.5. The van der Waals surface area contributed by atoms with Crippen LogP contribution in [0.5, 0.6) is 0 Å². The minimum atomic E-state index is -0.306.